The molecule has 2 amide bonds. The second-order valence-corrected chi connectivity index (χ2v) is 10.6. The van der Waals surface area contributed by atoms with E-state index in [1.165, 1.54) is 0 Å². The quantitative estimate of drug-likeness (QED) is 0.558. The molecule has 0 spiro atoms. The smallest absolute Gasteiger partial charge is 0.414 e. The van der Waals surface area contributed by atoms with Gasteiger partial charge >= 0.3 is 6.09 Å². The largest absolute Gasteiger partial charge is 0.444 e. The zero-order chi connectivity index (χ0) is 15.8. The molecule has 6 nitrogen and oxygen atoms in total. The number of hydrogen-bond acceptors (Lipinski definition) is 5. The molecule has 0 aromatic rings. The lowest BCUT2D eigenvalue weighted by Crippen LogP contribution is -2.44. The molecule has 0 unspecified atom stereocenters. The number of alkyl carbamates (subject to hydrolysis) is 1. The van der Waals surface area contributed by atoms with Crippen molar-refractivity contribution >= 4 is 20.3 Å². The molecule has 0 aliphatic carbocycles. The molecule has 0 saturated carbocycles. The fourth-order valence-electron chi connectivity index (χ4n) is 1.41. The van der Waals surface area contributed by atoms with Crippen LogP contribution in [0, 0.1) is 0 Å². The topological polar surface area (TPSA) is 76.7 Å². The van der Waals surface area contributed by atoms with Crippen LogP contribution in [0.15, 0.2) is 0 Å². The Hall–Kier alpha value is -0.923. The van der Waals surface area contributed by atoms with Crippen LogP contribution >= 0.6 is 0 Å². The van der Waals surface area contributed by atoms with Gasteiger partial charge in [0.1, 0.15) is 5.60 Å². The van der Waals surface area contributed by atoms with Crippen LogP contribution in [0.2, 0.25) is 19.1 Å². The zero-order valence-corrected chi connectivity index (χ0v) is 14.5. The Balaban J connectivity index is 3.91. The summed E-state index contributed by atoms with van der Waals surface area (Å²) in [5.74, 6) is -0.473. The summed E-state index contributed by atoms with van der Waals surface area (Å²) in [7, 11) is -1.78. The van der Waals surface area contributed by atoms with Gasteiger partial charge in [-0.05, 0) is 39.9 Å². The molecule has 0 bridgehead atoms. The number of nitrogens with one attached hydrogen (secondary N) is 2. The molecular weight excluding hydrogens is 276 g/mol. The predicted octanol–water partition coefficient (Wildman–Crippen LogP) is 2.56. The van der Waals surface area contributed by atoms with E-state index in [1.807, 2.05) is 0 Å². The first kappa shape index (κ1) is 19.1. The molecule has 118 valence electrons. The van der Waals surface area contributed by atoms with Crippen LogP contribution in [0.25, 0.3) is 0 Å². The Morgan fingerprint density at radius 3 is 2.30 bits per heavy atom. The maximum atomic E-state index is 11.5. The summed E-state index contributed by atoms with van der Waals surface area (Å²) >= 11 is 0. The van der Waals surface area contributed by atoms with Crippen molar-refractivity contribution in [2.24, 2.45) is 0 Å². The minimum atomic E-state index is -1.78. The summed E-state index contributed by atoms with van der Waals surface area (Å²) in [6, 6.07) is 1.03. The third-order valence-electron chi connectivity index (χ3n) is 2.35. The van der Waals surface area contributed by atoms with E-state index in [0.717, 1.165) is 18.9 Å². The van der Waals surface area contributed by atoms with Crippen LogP contribution in [0.3, 0.4) is 0 Å². The Kier molecular flexibility index (Phi) is 8.00. The maximum Gasteiger partial charge on any atom is 0.414 e. The highest BCUT2D eigenvalue weighted by molar-refractivity contribution is 6.71. The lowest BCUT2D eigenvalue weighted by Gasteiger charge is -2.22. The van der Waals surface area contributed by atoms with Gasteiger partial charge in [-0.15, -0.1) is 0 Å². The molecule has 0 aliphatic rings. The van der Waals surface area contributed by atoms with Crippen LogP contribution in [-0.4, -0.2) is 32.5 Å². The van der Waals surface area contributed by atoms with E-state index in [1.54, 1.807) is 20.8 Å². The predicted molar refractivity (Wildman–Crippen MR) is 80.7 cm³/mol. The Bertz CT molecular complexity index is 327. The van der Waals surface area contributed by atoms with Gasteiger partial charge in [0.2, 0.25) is 14.2 Å². The lowest BCUT2D eigenvalue weighted by molar-refractivity contribution is -0.121. The molecule has 0 radical (unpaired) electrons. The second-order valence-electron chi connectivity index (χ2n) is 6.34. The van der Waals surface area contributed by atoms with Crippen molar-refractivity contribution in [3.63, 3.8) is 0 Å². The Morgan fingerprint density at radius 2 is 1.80 bits per heavy atom. The van der Waals surface area contributed by atoms with Crippen molar-refractivity contribution in [1.29, 1.82) is 0 Å². The van der Waals surface area contributed by atoms with E-state index < -0.39 is 25.9 Å². The van der Waals surface area contributed by atoms with E-state index in [-0.39, 0.29) is 6.54 Å². The summed E-state index contributed by atoms with van der Waals surface area (Å²) in [5.41, 5.74) is 2.02. The average Bonchev–Trinajstić information content (AvgIpc) is 2.23. The minimum absolute atomic E-state index is 0.0677. The second kappa shape index (κ2) is 8.38. The van der Waals surface area contributed by atoms with Gasteiger partial charge in [-0.25, -0.2) is 10.3 Å². The fourth-order valence-corrected chi connectivity index (χ4v) is 3.18. The van der Waals surface area contributed by atoms with Gasteiger partial charge in [-0.1, -0.05) is 19.8 Å². The third kappa shape index (κ3) is 11.0. The number of hydrogen-bond donors (Lipinski definition) is 2. The lowest BCUT2D eigenvalue weighted by atomic mass is 10.2. The Labute approximate surface area is 122 Å². The molecule has 0 aliphatic heterocycles. The van der Waals surface area contributed by atoms with Gasteiger partial charge < -0.3 is 9.26 Å². The average molecular weight is 304 g/mol. The third-order valence-corrected chi connectivity index (χ3v) is 4.61. The van der Waals surface area contributed by atoms with E-state index in [2.05, 4.69) is 30.8 Å². The number of ether oxygens (including phenoxy) is 1. The van der Waals surface area contributed by atoms with E-state index in [0.29, 0.717) is 0 Å². The van der Waals surface area contributed by atoms with Crippen LogP contribution in [0.4, 0.5) is 4.79 Å². The molecule has 7 heteroatoms. The molecule has 0 aromatic heterocycles. The fraction of sp³-hybridized carbons (Fsp3) is 0.846. The molecule has 0 atom stereocenters. The molecule has 0 fully saturated rings. The van der Waals surface area contributed by atoms with Crippen LogP contribution in [0.1, 0.15) is 40.5 Å². The highest BCUT2D eigenvalue weighted by Gasteiger charge is 2.23. The summed E-state index contributed by atoms with van der Waals surface area (Å²) in [6.45, 7) is 11.4. The standard InChI is InChI=1S/C13H28N2O4Si/c1-7-8-9-20(5,6)19-14-10-11(16)15-12(17)18-13(2,3)4/h14H,7-10H2,1-6H3,(H,15,16,17). The van der Waals surface area contributed by atoms with Crippen molar-refractivity contribution in [3.05, 3.63) is 0 Å². The molecule has 20 heavy (non-hydrogen) atoms. The van der Waals surface area contributed by atoms with Crippen molar-refractivity contribution < 1.29 is 18.9 Å². The molecule has 0 heterocycles. The number of unbranched alkanes of at least 4 members (excludes halogenated alkanes) is 1. The number of carbonyl (C=O) groups excluding carboxylic acids is 2. The van der Waals surface area contributed by atoms with Gasteiger partial charge in [-0.3, -0.25) is 10.1 Å². The molecule has 0 rings (SSSR count). The van der Waals surface area contributed by atoms with Gasteiger partial charge in [0, 0.05) is 0 Å². The van der Waals surface area contributed by atoms with E-state index >= 15 is 0 Å². The molecule has 0 saturated heterocycles. The number of carbonyl (C=O) groups is 2. The van der Waals surface area contributed by atoms with Crippen molar-refractivity contribution in [3.8, 4) is 0 Å². The maximum absolute atomic E-state index is 11.5. The normalized spacial score (nSPS) is 12.1. The summed E-state index contributed by atoms with van der Waals surface area (Å²) < 4.78 is 10.5. The van der Waals surface area contributed by atoms with Crippen LogP contribution in [0.5, 0.6) is 0 Å². The van der Waals surface area contributed by atoms with Gasteiger partial charge in [0.25, 0.3) is 0 Å². The van der Waals surface area contributed by atoms with E-state index in [9.17, 15) is 9.59 Å². The van der Waals surface area contributed by atoms with Gasteiger partial charge in [0.05, 0.1) is 6.54 Å². The molecule has 0 aromatic carbocycles. The van der Waals surface area contributed by atoms with Gasteiger partial charge in [0.15, 0.2) is 0 Å². The first-order valence-corrected chi connectivity index (χ1v) is 10.1. The summed E-state index contributed by atoms with van der Waals surface area (Å²) in [6.07, 6.45) is 1.50. The number of imide groups is 1. The van der Waals surface area contributed by atoms with Crippen LogP contribution in [-0.2, 0) is 14.1 Å². The highest BCUT2D eigenvalue weighted by Crippen LogP contribution is 2.13. The SMILES string of the molecule is CCCC[Si](C)(C)ONCC(=O)NC(=O)OC(C)(C)C. The Morgan fingerprint density at radius 1 is 1.20 bits per heavy atom. The first-order chi connectivity index (χ1) is 9.06. The number of hydroxylamine groups is 1. The number of amides is 2. The zero-order valence-electron chi connectivity index (χ0n) is 13.5. The van der Waals surface area contributed by atoms with Crippen molar-refractivity contribution in [2.75, 3.05) is 6.54 Å². The van der Waals surface area contributed by atoms with E-state index in [4.69, 9.17) is 9.26 Å². The highest BCUT2D eigenvalue weighted by atomic mass is 28.4. The monoisotopic (exact) mass is 304 g/mol. The summed E-state index contributed by atoms with van der Waals surface area (Å²) in [4.78, 5) is 22.9. The molecular formula is C13H28N2O4Si. The number of rotatable bonds is 7. The summed E-state index contributed by atoms with van der Waals surface area (Å²) in [5, 5.41) is 2.14. The van der Waals surface area contributed by atoms with Gasteiger partial charge in [-0.2, -0.15) is 0 Å². The minimum Gasteiger partial charge on any atom is -0.444 e. The first-order valence-electron chi connectivity index (χ1n) is 6.99. The van der Waals surface area contributed by atoms with Crippen molar-refractivity contribution in [2.45, 2.75) is 65.3 Å². The molecule has 2 N–H and O–H groups in total. The van der Waals surface area contributed by atoms with Crippen molar-refractivity contribution in [1.82, 2.24) is 10.8 Å². The van der Waals surface area contributed by atoms with Crippen LogP contribution < -0.4 is 10.8 Å².